The lowest BCUT2D eigenvalue weighted by molar-refractivity contribution is -0.149. The van der Waals surface area contributed by atoms with Crippen molar-refractivity contribution in [3.05, 3.63) is 70.6 Å². The molecule has 2 heterocycles. The second kappa shape index (κ2) is 16.2. The van der Waals surface area contributed by atoms with Crippen molar-refractivity contribution < 1.29 is 23.9 Å². The molecule has 4 rings (SSSR count). The Bertz CT molecular complexity index is 1430. The first-order valence-corrected chi connectivity index (χ1v) is 16.6. The minimum Gasteiger partial charge on any atom is -0.463 e. The number of nitrogens with one attached hydrogen (secondary N) is 5. The molecular formula is C35H51N7O5. The van der Waals surface area contributed by atoms with E-state index in [1.165, 1.54) is 0 Å². The first-order chi connectivity index (χ1) is 22.7. The number of carbonyl (C=O) groups is 3. The van der Waals surface area contributed by atoms with Crippen LogP contribution in [-0.4, -0.2) is 87.7 Å². The molecule has 0 saturated carbocycles. The van der Waals surface area contributed by atoms with Crippen LogP contribution in [0, 0.1) is 5.92 Å². The summed E-state index contributed by atoms with van der Waals surface area (Å²) in [6, 6.07) is 6.35. The van der Waals surface area contributed by atoms with E-state index in [2.05, 4.69) is 44.6 Å². The Balaban J connectivity index is 1.58. The summed E-state index contributed by atoms with van der Waals surface area (Å²) in [5.41, 5.74) is 4.79. The quantitative estimate of drug-likeness (QED) is 0.0262. The van der Waals surface area contributed by atoms with Crippen LogP contribution in [0.25, 0.3) is 0 Å². The number of aliphatic imine (C=N–C) groups is 1. The lowest BCUT2D eigenvalue weighted by Gasteiger charge is -2.26. The number of esters is 1. The molecule has 0 aromatic heterocycles. The van der Waals surface area contributed by atoms with Crippen LogP contribution in [0.2, 0.25) is 0 Å². The largest absolute Gasteiger partial charge is 0.463 e. The van der Waals surface area contributed by atoms with E-state index in [0.717, 1.165) is 42.8 Å². The average Bonchev–Trinajstić information content (AvgIpc) is 3.80. The van der Waals surface area contributed by atoms with Gasteiger partial charge in [-0.1, -0.05) is 68.7 Å². The number of benzene rings is 1. The number of hydrogen-bond acceptors (Lipinski definition) is 10. The van der Waals surface area contributed by atoms with Gasteiger partial charge in [0.15, 0.2) is 17.3 Å². The van der Waals surface area contributed by atoms with Crippen LogP contribution in [0.4, 0.5) is 0 Å². The van der Waals surface area contributed by atoms with Gasteiger partial charge in [-0.15, -0.1) is 0 Å². The summed E-state index contributed by atoms with van der Waals surface area (Å²) >= 11 is 0. The number of Topliss-reactive ketones (excluding diaryl/α,β-unsaturated/α-hetero) is 2. The molecule has 1 fully saturated rings. The molecule has 12 heteroatoms. The zero-order chi connectivity index (χ0) is 34.0. The fraction of sp³-hybridized carbons (Fsp3) is 0.543. The standard InChI is InChI=1S/C35H51N7O5/c1-6-8-11-24(20-39-7-2)21-46-32(45)35-31(44)27-13-10-9-12-26(27)30(43)34(35,47-35)16-14-23(3)18-28(42-33(36)38-5)25-15-17-40-29(19-25)41-22-37-4/h9-10,12-15,19,24,28,37,39-41H,6-8,11,16-18,20-22H2,1-5H3,(H3,36,38,42). The van der Waals surface area contributed by atoms with E-state index >= 15 is 0 Å². The number of guanidine groups is 1. The smallest absolute Gasteiger partial charge is 0.350 e. The van der Waals surface area contributed by atoms with E-state index in [4.69, 9.17) is 15.2 Å². The van der Waals surface area contributed by atoms with E-state index in [1.807, 2.05) is 33.0 Å². The van der Waals surface area contributed by atoms with Gasteiger partial charge in [-0.2, -0.15) is 0 Å². The number of hydrogen-bond donors (Lipinski definition) is 6. The highest BCUT2D eigenvalue weighted by molar-refractivity contribution is 6.32. The molecule has 47 heavy (non-hydrogen) atoms. The summed E-state index contributed by atoms with van der Waals surface area (Å²) in [5, 5.41) is 16.3. The van der Waals surface area contributed by atoms with Gasteiger partial charge >= 0.3 is 5.97 Å². The molecule has 0 amide bonds. The summed E-state index contributed by atoms with van der Waals surface area (Å²) in [7, 11) is 3.48. The van der Waals surface area contributed by atoms with E-state index < -0.39 is 23.0 Å². The third-order valence-corrected chi connectivity index (χ3v) is 8.97. The predicted molar refractivity (Wildman–Crippen MR) is 183 cm³/mol. The number of fused-ring (bicyclic) bond motifs is 2. The van der Waals surface area contributed by atoms with Crippen LogP contribution >= 0.6 is 0 Å². The summed E-state index contributed by atoms with van der Waals surface area (Å²) in [4.78, 5) is 45.9. The lowest BCUT2D eigenvalue weighted by atomic mass is 9.72. The Morgan fingerprint density at radius 1 is 1.21 bits per heavy atom. The molecule has 1 aromatic carbocycles. The second-order valence-corrected chi connectivity index (χ2v) is 12.3. The Morgan fingerprint density at radius 2 is 1.96 bits per heavy atom. The third-order valence-electron chi connectivity index (χ3n) is 8.97. The number of unbranched alkanes of at least 4 members (excludes halogenated alkanes) is 1. The van der Waals surface area contributed by atoms with E-state index in [1.54, 1.807) is 31.3 Å². The van der Waals surface area contributed by atoms with Crippen LogP contribution in [0.15, 0.2) is 64.5 Å². The molecule has 0 radical (unpaired) electrons. The highest BCUT2D eigenvalue weighted by Gasteiger charge is 2.85. The van der Waals surface area contributed by atoms with Gasteiger partial charge in [0.1, 0.15) is 5.82 Å². The molecule has 1 saturated heterocycles. The molecule has 1 aliphatic carbocycles. The molecule has 0 spiro atoms. The Hall–Kier alpha value is -4.00. The molecule has 12 nitrogen and oxygen atoms in total. The van der Waals surface area contributed by atoms with Crippen LogP contribution in [0.5, 0.6) is 0 Å². The lowest BCUT2D eigenvalue weighted by Crippen LogP contribution is -2.50. The number of nitrogens with two attached hydrogens (primary N) is 1. The van der Waals surface area contributed by atoms with Crippen molar-refractivity contribution in [2.45, 2.75) is 70.1 Å². The Kier molecular flexibility index (Phi) is 12.4. The van der Waals surface area contributed by atoms with Gasteiger partial charge in [-0.25, -0.2) is 4.79 Å². The van der Waals surface area contributed by atoms with Gasteiger partial charge < -0.3 is 41.8 Å². The maximum absolute atomic E-state index is 14.0. The predicted octanol–water partition coefficient (Wildman–Crippen LogP) is 2.30. The highest BCUT2D eigenvalue weighted by atomic mass is 16.7. The normalized spacial score (nSPS) is 23.4. The fourth-order valence-corrected chi connectivity index (χ4v) is 6.23. The van der Waals surface area contributed by atoms with Gasteiger partial charge in [-0.05, 0) is 45.0 Å². The van der Waals surface area contributed by atoms with Crippen molar-refractivity contribution >= 4 is 23.5 Å². The van der Waals surface area contributed by atoms with E-state index in [-0.39, 0.29) is 41.9 Å². The van der Waals surface area contributed by atoms with Crippen LogP contribution in [0.3, 0.4) is 0 Å². The molecule has 256 valence electrons. The minimum absolute atomic E-state index is 0.0407. The van der Waals surface area contributed by atoms with Crippen LogP contribution in [-0.2, 0) is 14.3 Å². The molecule has 1 aromatic rings. The van der Waals surface area contributed by atoms with Gasteiger partial charge in [0.2, 0.25) is 5.78 Å². The number of carbonyl (C=O) groups excluding carboxylic acids is 3. The molecule has 0 bridgehead atoms. The van der Waals surface area contributed by atoms with Crippen molar-refractivity contribution in [2.75, 3.05) is 47.0 Å². The number of ether oxygens (including phenoxy) is 2. The summed E-state index contributed by atoms with van der Waals surface area (Å²) in [6.45, 7) is 8.95. The van der Waals surface area contributed by atoms with Crippen molar-refractivity contribution in [2.24, 2.45) is 16.6 Å². The summed E-state index contributed by atoms with van der Waals surface area (Å²) < 4.78 is 11.9. The number of ketones is 2. The summed E-state index contributed by atoms with van der Waals surface area (Å²) in [5.74, 6) is -0.458. The van der Waals surface area contributed by atoms with Crippen LogP contribution < -0.4 is 32.3 Å². The number of nitrogens with zero attached hydrogens (tertiary/aromatic N) is 1. The van der Waals surface area contributed by atoms with E-state index in [0.29, 0.717) is 32.1 Å². The summed E-state index contributed by atoms with van der Waals surface area (Å²) in [6.07, 6.45) is 9.43. The van der Waals surface area contributed by atoms with Crippen molar-refractivity contribution in [3.63, 3.8) is 0 Å². The Morgan fingerprint density at radius 3 is 2.64 bits per heavy atom. The SMILES string of the molecule is CCCCC(CNCC)COC(=O)C12OC1(CC=C(C)CC(NC(N)=NC)C1=CCNC(NCNC)=C1)C(=O)c1ccccc1C2=O. The third kappa shape index (κ3) is 7.77. The molecule has 3 aliphatic rings. The Labute approximate surface area is 278 Å². The number of rotatable bonds is 18. The zero-order valence-corrected chi connectivity index (χ0v) is 28.3. The highest BCUT2D eigenvalue weighted by Crippen LogP contribution is 2.58. The van der Waals surface area contributed by atoms with Crippen molar-refractivity contribution in [1.29, 1.82) is 0 Å². The van der Waals surface area contributed by atoms with Gasteiger partial charge in [0.25, 0.3) is 5.60 Å². The monoisotopic (exact) mass is 649 g/mol. The van der Waals surface area contributed by atoms with Crippen molar-refractivity contribution in [1.82, 2.24) is 26.6 Å². The van der Waals surface area contributed by atoms with Gasteiger partial charge in [0, 0.05) is 43.6 Å². The topological polar surface area (TPSA) is 171 Å². The minimum atomic E-state index is -2.01. The molecule has 7 N–H and O–H groups in total. The number of dihydropyridines is 1. The van der Waals surface area contributed by atoms with Gasteiger partial charge in [0.05, 0.1) is 19.3 Å². The van der Waals surface area contributed by atoms with Crippen molar-refractivity contribution in [3.8, 4) is 0 Å². The number of epoxide rings is 1. The van der Waals surface area contributed by atoms with Gasteiger partial charge in [-0.3, -0.25) is 14.6 Å². The molecule has 4 atom stereocenters. The van der Waals surface area contributed by atoms with E-state index in [9.17, 15) is 14.4 Å². The molecule has 4 unspecified atom stereocenters. The fourth-order valence-electron chi connectivity index (χ4n) is 6.23. The average molecular weight is 650 g/mol. The maximum atomic E-state index is 14.0. The second-order valence-electron chi connectivity index (χ2n) is 12.3. The first-order valence-electron chi connectivity index (χ1n) is 16.6. The molecule has 2 aliphatic heterocycles. The molecular weight excluding hydrogens is 598 g/mol. The maximum Gasteiger partial charge on any atom is 0.350 e. The zero-order valence-electron chi connectivity index (χ0n) is 28.3. The van der Waals surface area contributed by atoms with Crippen LogP contribution in [0.1, 0.15) is 73.6 Å². The first kappa shape index (κ1) is 35.8.